The van der Waals surface area contributed by atoms with Crippen LogP contribution in [0.2, 0.25) is 0 Å². The maximum Gasteiger partial charge on any atom is 0.273 e. The Kier molecular flexibility index (Phi) is 5.23. The molecule has 1 heterocycles. The first-order valence-electron chi connectivity index (χ1n) is 6.01. The van der Waals surface area contributed by atoms with Crippen molar-refractivity contribution in [3.8, 4) is 5.75 Å². The van der Waals surface area contributed by atoms with Gasteiger partial charge in [-0.3, -0.25) is 10.1 Å². The molecule has 0 radical (unpaired) electrons. The van der Waals surface area contributed by atoms with Crippen molar-refractivity contribution < 1.29 is 9.66 Å². The SMILES string of the molecule is COc1cc([N+](=O)[O-])ccc1NC(=S)Nc1ccc(Br)cn1. The summed E-state index contributed by atoms with van der Waals surface area (Å²) in [5.41, 5.74) is 0.457. The molecule has 2 rings (SSSR count). The molecule has 0 atom stereocenters. The number of nitro groups is 1. The van der Waals surface area contributed by atoms with Crippen molar-refractivity contribution in [1.82, 2.24) is 4.98 Å². The molecule has 0 fully saturated rings. The van der Waals surface area contributed by atoms with E-state index in [0.29, 0.717) is 22.4 Å². The van der Waals surface area contributed by atoms with Crippen molar-refractivity contribution in [1.29, 1.82) is 0 Å². The van der Waals surface area contributed by atoms with Gasteiger partial charge in [-0.1, -0.05) is 0 Å². The lowest BCUT2D eigenvalue weighted by Crippen LogP contribution is -2.20. The Labute approximate surface area is 140 Å². The number of halogens is 1. The number of anilines is 2. The van der Waals surface area contributed by atoms with Gasteiger partial charge < -0.3 is 15.4 Å². The molecule has 1 aromatic carbocycles. The van der Waals surface area contributed by atoms with Crippen LogP contribution in [0.1, 0.15) is 0 Å². The molecule has 7 nitrogen and oxygen atoms in total. The van der Waals surface area contributed by atoms with Crippen LogP contribution in [0, 0.1) is 10.1 Å². The number of non-ortho nitro benzene ring substituents is 1. The Balaban J connectivity index is 2.10. The molecule has 0 aliphatic carbocycles. The van der Waals surface area contributed by atoms with Crippen LogP contribution >= 0.6 is 28.1 Å². The predicted octanol–water partition coefficient (Wildman–Crippen LogP) is 3.57. The molecule has 0 spiro atoms. The van der Waals surface area contributed by atoms with Gasteiger partial charge in [0.15, 0.2) is 5.11 Å². The van der Waals surface area contributed by atoms with Gasteiger partial charge in [-0.05, 0) is 46.3 Å². The highest BCUT2D eigenvalue weighted by molar-refractivity contribution is 9.10. The summed E-state index contributed by atoms with van der Waals surface area (Å²) in [5, 5.41) is 16.9. The summed E-state index contributed by atoms with van der Waals surface area (Å²) in [7, 11) is 1.43. The lowest BCUT2D eigenvalue weighted by Gasteiger charge is -2.12. The standard InChI is InChI=1S/C13H11BrN4O3S/c1-21-11-6-9(18(19)20)3-4-10(11)16-13(22)17-12-5-2-8(14)7-15-12/h2-7H,1H3,(H2,15,16,17,22). The van der Waals surface area contributed by atoms with Gasteiger partial charge in [-0.25, -0.2) is 4.98 Å². The summed E-state index contributed by atoms with van der Waals surface area (Å²) in [6.45, 7) is 0. The average Bonchev–Trinajstić information content (AvgIpc) is 2.49. The highest BCUT2D eigenvalue weighted by Gasteiger charge is 2.12. The largest absolute Gasteiger partial charge is 0.494 e. The zero-order valence-corrected chi connectivity index (χ0v) is 13.8. The van der Waals surface area contributed by atoms with Crippen LogP contribution in [0.5, 0.6) is 5.75 Å². The van der Waals surface area contributed by atoms with Crippen LogP contribution in [0.15, 0.2) is 41.0 Å². The summed E-state index contributed by atoms with van der Waals surface area (Å²) in [6, 6.07) is 7.80. The smallest absolute Gasteiger partial charge is 0.273 e. The second-order valence-electron chi connectivity index (χ2n) is 4.08. The van der Waals surface area contributed by atoms with Crippen LogP contribution in [0.25, 0.3) is 0 Å². The van der Waals surface area contributed by atoms with Crippen LogP contribution < -0.4 is 15.4 Å². The number of rotatable bonds is 4. The normalized spacial score (nSPS) is 9.91. The number of pyridine rings is 1. The van der Waals surface area contributed by atoms with E-state index in [1.165, 1.54) is 25.3 Å². The van der Waals surface area contributed by atoms with Crippen LogP contribution in [-0.4, -0.2) is 22.1 Å². The van der Waals surface area contributed by atoms with Crippen molar-refractivity contribution in [2.45, 2.75) is 0 Å². The van der Waals surface area contributed by atoms with E-state index in [9.17, 15) is 10.1 Å². The van der Waals surface area contributed by atoms with E-state index < -0.39 is 4.92 Å². The number of nitro benzene ring substituents is 1. The lowest BCUT2D eigenvalue weighted by atomic mass is 10.2. The summed E-state index contributed by atoms with van der Waals surface area (Å²) in [5.74, 6) is 0.892. The molecule has 2 N–H and O–H groups in total. The topological polar surface area (TPSA) is 89.3 Å². The molecule has 0 unspecified atom stereocenters. The molecule has 0 saturated carbocycles. The molecule has 0 aliphatic heterocycles. The molecule has 0 bridgehead atoms. The van der Waals surface area contributed by atoms with Gasteiger partial charge in [0.2, 0.25) is 0 Å². The molecule has 0 amide bonds. The first-order chi connectivity index (χ1) is 10.5. The average molecular weight is 383 g/mol. The van der Waals surface area contributed by atoms with Gasteiger partial charge in [0.05, 0.1) is 23.8 Å². The van der Waals surface area contributed by atoms with Crippen LogP contribution in [-0.2, 0) is 0 Å². The van der Waals surface area contributed by atoms with Crippen molar-refractivity contribution in [3.63, 3.8) is 0 Å². The van der Waals surface area contributed by atoms with Gasteiger partial charge in [0.25, 0.3) is 5.69 Å². The number of nitrogens with one attached hydrogen (secondary N) is 2. The second-order valence-corrected chi connectivity index (χ2v) is 5.41. The fraction of sp³-hybridized carbons (Fsp3) is 0.0769. The summed E-state index contributed by atoms with van der Waals surface area (Å²) in [4.78, 5) is 14.4. The minimum Gasteiger partial charge on any atom is -0.494 e. The Bertz CT molecular complexity index is 709. The van der Waals surface area contributed by atoms with Gasteiger partial charge in [0, 0.05) is 16.7 Å². The van der Waals surface area contributed by atoms with E-state index in [0.717, 1.165) is 4.47 Å². The third-order valence-corrected chi connectivity index (χ3v) is 3.29. The monoisotopic (exact) mass is 382 g/mol. The molecular formula is C13H11BrN4O3S. The summed E-state index contributed by atoms with van der Waals surface area (Å²) < 4.78 is 5.98. The molecule has 1 aromatic heterocycles. The molecule has 2 aromatic rings. The van der Waals surface area contributed by atoms with Gasteiger partial charge in [-0.15, -0.1) is 0 Å². The fourth-order valence-corrected chi connectivity index (χ4v) is 2.07. The van der Waals surface area contributed by atoms with Crippen molar-refractivity contribution >= 4 is 50.5 Å². The van der Waals surface area contributed by atoms with E-state index in [4.69, 9.17) is 17.0 Å². The molecule has 9 heteroatoms. The molecular weight excluding hydrogens is 372 g/mol. The Hall–Kier alpha value is -2.26. The first kappa shape index (κ1) is 16.1. The number of methoxy groups -OCH3 is 1. The molecule has 0 aliphatic rings. The second kappa shape index (κ2) is 7.14. The Morgan fingerprint density at radius 2 is 2.14 bits per heavy atom. The van der Waals surface area contributed by atoms with Gasteiger partial charge in [0.1, 0.15) is 11.6 Å². The van der Waals surface area contributed by atoms with E-state index in [-0.39, 0.29) is 5.69 Å². The third kappa shape index (κ3) is 4.12. The summed E-state index contributed by atoms with van der Waals surface area (Å²) in [6.07, 6.45) is 1.64. The fourth-order valence-electron chi connectivity index (χ4n) is 1.62. The van der Waals surface area contributed by atoms with Crippen LogP contribution in [0.4, 0.5) is 17.2 Å². The number of thiocarbonyl (C=S) groups is 1. The van der Waals surface area contributed by atoms with Gasteiger partial charge >= 0.3 is 0 Å². The molecule has 22 heavy (non-hydrogen) atoms. The highest BCUT2D eigenvalue weighted by Crippen LogP contribution is 2.29. The number of aromatic nitrogens is 1. The molecule has 0 saturated heterocycles. The minimum absolute atomic E-state index is 0.0594. The number of hydrogen-bond acceptors (Lipinski definition) is 5. The maximum absolute atomic E-state index is 10.8. The van der Waals surface area contributed by atoms with Crippen LogP contribution in [0.3, 0.4) is 0 Å². The highest BCUT2D eigenvalue weighted by atomic mass is 79.9. The third-order valence-electron chi connectivity index (χ3n) is 2.61. The predicted molar refractivity (Wildman–Crippen MR) is 91.4 cm³/mol. The summed E-state index contributed by atoms with van der Waals surface area (Å²) >= 11 is 8.47. The number of ether oxygens (including phenoxy) is 1. The number of hydrogen-bond donors (Lipinski definition) is 2. The van der Waals surface area contributed by atoms with Gasteiger partial charge in [-0.2, -0.15) is 0 Å². The van der Waals surface area contributed by atoms with Crippen molar-refractivity contribution in [2.24, 2.45) is 0 Å². The Morgan fingerprint density at radius 1 is 1.36 bits per heavy atom. The van der Waals surface area contributed by atoms with Crippen molar-refractivity contribution in [3.05, 3.63) is 51.1 Å². The first-order valence-corrected chi connectivity index (χ1v) is 7.21. The van der Waals surface area contributed by atoms with E-state index >= 15 is 0 Å². The van der Waals surface area contributed by atoms with E-state index in [1.807, 2.05) is 6.07 Å². The maximum atomic E-state index is 10.8. The number of nitrogens with zero attached hydrogens (tertiary/aromatic N) is 2. The van der Waals surface area contributed by atoms with Crippen molar-refractivity contribution in [2.75, 3.05) is 17.7 Å². The minimum atomic E-state index is -0.491. The number of benzene rings is 1. The van der Waals surface area contributed by atoms with E-state index in [1.54, 1.807) is 12.3 Å². The molecule has 114 valence electrons. The zero-order chi connectivity index (χ0) is 16.1. The lowest BCUT2D eigenvalue weighted by molar-refractivity contribution is -0.384. The Morgan fingerprint density at radius 3 is 2.73 bits per heavy atom. The zero-order valence-electron chi connectivity index (χ0n) is 11.4. The van der Waals surface area contributed by atoms with E-state index in [2.05, 4.69) is 31.5 Å². The quantitative estimate of drug-likeness (QED) is 0.474.